The van der Waals surface area contributed by atoms with Crippen molar-refractivity contribution in [3.05, 3.63) is 45.7 Å². The zero-order chi connectivity index (χ0) is 14.2. The van der Waals surface area contributed by atoms with Gasteiger partial charge in [0.05, 0.1) is 10.6 Å². The Balaban J connectivity index is 2.55. The summed E-state index contributed by atoms with van der Waals surface area (Å²) in [6.45, 7) is 3.33. The van der Waals surface area contributed by atoms with Gasteiger partial charge in [-0.3, -0.25) is 0 Å². The number of halogens is 3. The van der Waals surface area contributed by atoms with Gasteiger partial charge in [0.15, 0.2) is 17.5 Å². The van der Waals surface area contributed by atoms with Gasteiger partial charge in [-0.15, -0.1) is 0 Å². The summed E-state index contributed by atoms with van der Waals surface area (Å²) < 4.78 is 26.5. The van der Waals surface area contributed by atoms with Gasteiger partial charge in [0.2, 0.25) is 0 Å². The standard InChI is InChI=1S/C13H11BrF2N2O/c1-6-9(7(2)19)5-17-13(18-6)8-3-4-10(15)12(16)11(8)14/h3-5,7,19H,1-2H3/t7-/m0/s1. The number of hydrogen-bond acceptors (Lipinski definition) is 3. The van der Waals surface area contributed by atoms with E-state index in [1.54, 1.807) is 13.8 Å². The van der Waals surface area contributed by atoms with Gasteiger partial charge in [-0.1, -0.05) is 0 Å². The van der Waals surface area contributed by atoms with Crippen molar-refractivity contribution in [1.29, 1.82) is 0 Å². The molecule has 2 aromatic rings. The van der Waals surface area contributed by atoms with Gasteiger partial charge in [0, 0.05) is 23.0 Å². The zero-order valence-corrected chi connectivity index (χ0v) is 11.9. The summed E-state index contributed by atoms with van der Waals surface area (Å²) in [7, 11) is 0. The van der Waals surface area contributed by atoms with Crippen LogP contribution in [0.4, 0.5) is 8.78 Å². The predicted octanol–water partition coefficient (Wildman–Crippen LogP) is 3.55. The molecule has 1 aromatic carbocycles. The summed E-state index contributed by atoms with van der Waals surface area (Å²) in [5.74, 6) is -1.64. The van der Waals surface area contributed by atoms with E-state index in [0.717, 1.165) is 6.07 Å². The molecule has 1 heterocycles. The van der Waals surface area contributed by atoms with Crippen molar-refractivity contribution in [2.45, 2.75) is 20.0 Å². The van der Waals surface area contributed by atoms with E-state index in [9.17, 15) is 13.9 Å². The van der Waals surface area contributed by atoms with Crippen molar-refractivity contribution in [3.63, 3.8) is 0 Å². The molecule has 0 bridgehead atoms. The predicted molar refractivity (Wildman–Crippen MR) is 70.5 cm³/mol. The monoisotopic (exact) mass is 328 g/mol. The lowest BCUT2D eigenvalue weighted by Crippen LogP contribution is -2.02. The van der Waals surface area contributed by atoms with Crippen LogP contribution in [0.3, 0.4) is 0 Å². The maximum absolute atomic E-state index is 13.5. The second-order valence-corrected chi connectivity index (χ2v) is 4.93. The molecule has 1 aromatic heterocycles. The molecule has 0 amide bonds. The van der Waals surface area contributed by atoms with Crippen LogP contribution in [0, 0.1) is 18.6 Å². The van der Waals surface area contributed by atoms with Gasteiger partial charge >= 0.3 is 0 Å². The molecular weight excluding hydrogens is 318 g/mol. The number of benzene rings is 1. The van der Waals surface area contributed by atoms with Crippen molar-refractivity contribution < 1.29 is 13.9 Å². The number of aliphatic hydroxyl groups excluding tert-OH is 1. The fourth-order valence-corrected chi connectivity index (χ4v) is 2.21. The summed E-state index contributed by atoms with van der Waals surface area (Å²) in [5, 5.41) is 9.50. The molecule has 0 fully saturated rings. The molecule has 0 saturated carbocycles. The summed E-state index contributed by atoms with van der Waals surface area (Å²) in [6.07, 6.45) is 0.804. The van der Waals surface area contributed by atoms with Gasteiger partial charge in [0.1, 0.15) is 0 Å². The maximum Gasteiger partial charge on any atom is 0.173 e. The summed E-state index contributed by atoms with van der Waals surface area (Å²) in [6, 6.07) is 2.43. The molecule has 3 nitrogen and oxygen atoms in total. The third-order valence-corrected chi connectivity index (χ3v) is 3.52. The van der Waals surface area contributed by atoms with Crippen LogP contribution in [-0.4, -0.2) is 15.1 Å². The topological polar surface area (TPSA) is 46.0 Å². The third-order valence-electron chi connectivity index (χ3n) is 2.74. The lowest BCUT2D eigenvalue weighted by Gasteiger charge is -2.10. The molecule has 0 aliphatic carbocycles. The second-order valence-electron chi connectivity index (χ2n) is 4.13. The Hall–Kier alpha value is -1.40. The quantitative estimate of drug-likeness (QED) is 0.857. The van der Waals surface area contributed by atoms with Gasteiger partial charge in [-0.2, -0.15) is 0 Å². The first kappa shape index (κ1) is 14.0. The molecule has 6 heteroatoms. The van der Waals surface area contributed by atoms with Gasteiger partial charge in [-0.05, 0) is 41.9 Å². The van der Waals surface area contributed by atoms with Crippen molar-refractivity contribution in [1.82, 2.24) is 9.97 Å². The Morgan fingerprint density at radius 3 is 2.58 bits per heavy atom. The Bertz CT molecular complexity index is 632. The average Bonchev–Trinajstić information content (AvgIpc) is 2.35. The molecule has 1 atom stereocenters. The number of rotatable bonds is 2. The molecule has 0 aliphatic heterocycles. The van der Waals surface area contributed by atoms with E-state index >= 15 is 0 Å². The van der Waals surface area contributed by atoms with Crippen LogP contribution in [0.15, 0.2) is 22.8 Å². The van der Waals surface area contributed by atoms with Crippen LogP contribution in [0.25, 0.3) is 11.4 Å². The van der Waals surface area contributed by atoms with E-state index in [1.165, 1.54) is 12.3 Å². The molecular formula is C13H11BrF2N2O. The van der Waals surface area contributed by atoms with Crippen molar-refractivity contribution >= 4 is 15.9 Å². The fraction of sp³-hybridized carbons (Fsp3) is 0.231. The minimum Gasteiger partial charge on any atom is -0.389 e. The van der Waals surface area contributed by atoms with E-state index < -0.39 is 17.7 Å². The first-order chi connectivity index (χ1) is 8.91. The maximum atomic E-state index is 13.5. The molecule has 0 saturated heterocycles. The molecule has 0 unspecified atom stereocenters. The fourth-order valence-electron chi connectivity index (χ4n) is 1.71. The Morgan fingerprint density at radius 1 is 1.32 bits per heavy atom. The molecule has 2 rings (SSSR count). The van der Waals surface area contributed by atoms with Crippen LogP contribution in [-0.2, 0) is 0 Å². The van der Waals surface area contributed by atoms with Gasteiger partial charge < -0.3 is 5.11 Å². The van der Waals surface area contributed by atoms with Crippen LogP contribution < -0.4 is 0 Å². The zero-order valence-electron chi connectivity index (χ0n) is 10.3. The molecule has 0 radical (unpaired) electrons. The number of aliphatic hydroxyl groups is 1. The highest BCUT2D eigenvalue weighted by Gasteiger charge is 2.16. The van der Waals surface area contributed by atoms with Crippen molar-refractivity contribution in [2.75, 3.05) is 0 Å². The molecule has 0 spiro atoms. The molecule has 19 heavy (non-hydrogen) atoms. The smallest absolute Gasteiger partial charge is 0.173 e. The summed E-state index contributed by atoms with van der Waals surface area (Å²) in [5.41, 5.74) is 1.55. The SMILES string of the molecule is Cc1nc(-c2ccc(F)c(F)c2Br)ncc1[C@H](C)O. The highest BCUT2D eigenvalue weighted by atomic mass is 79.9. The van der Waals surface area contributed by atoms with E-state index in [2.05, 4.69) is 25.9 Å². The van der Waals surface area contributed by atoms with Crippen LogP contribution in [0.2, 0.25) is 0 Å². The minimum absolute atomic E-state index is 0.0169. The van der Waals surface area contributed by atoms with Crippen molar-refractivity contribution in [3.8, 4) is 11.4 Å². The normalized spacial score (nSPS) is 12.5. The highest BCUT2D eigenvalue weighted by Crippen LogP contribution is 2.30. The number of nitrogens with zero attached hydrogens (tertiary/aromatic N) is 2. The summed E-state index contributed by atoms with van der Waals surface area (Å²) >= 11 is 3.00. The number of aromatic nitrogens is 2. The largest absolute Gasteiger partial charge is 0.389 e. The summed E-state index contributed by atoms with van der Waals surface area (Å²) in [4.78, 5) is 8.28. The Morgan fingerprint density at radius 2 is 2.00 bits per heavy atom. The van der Waals surface area contributed by atoms with Gasteiger partial charge in [-0.25, -0.2) is 18.7 Å². The Kier molecular flexibility index (Phi) is 3.91. The second kappa shape index (κ2) is 5.30. The first-order valence-corrected chi connectivity index (χ1v) is 6.36. The lowest BCUT2D eigenvalue weighted by molar-refractivity contribution is 0.197. The van der Waals surface area contributed by atoms with E-state index in [0.29, 0.717) is 16.8 Å². The van der Waals surface area contributed by atoms with Crippen LogP contribution in [0.5, 0.6) is 0 Å². The minimum atomic E-state index is -0.974. The van der Waals surface area contributed by atoms with Crippen LogP contribution in [0.1, 0.15) is 24.3 Å². The molecule has 1 N–H and O–H groups in total. The average molecular weight is 329 g/mol. The van der Waals surface area contributed by atoms with Crippen LogP contribution >= 0.6 is 15.9 Å². The van der Waals surface area contributed by atoms with E-state index in [4.69, 9.17) is 0 Å². The molecule has 0 aliphatic rings. The Labute approximate surface area is 117 Å². The van der Waals surface area contributed by atoms with Crippen molar-refractivity contribution in [2.24, 2.45) is 0 Å². The number of hydrogen-bond donors (Lipinski definition) is 1. The lowest BCUT2D eigenvalue weighted by atomic mass is 10.1. The first-order valence-electron chi connectivity index (χ1n) is 5.57. The van der Waals surface area contributed by atoms with E-state index in [-0.39, 0.29) is 10.3 Å². The third kappa shape index (κ3) is 2.64. The number of aryl methyl sites for hydroxylation is 1. The van der Waals surface area contributed by atoms with Gasteiger partial charge in [0.25, 0.3) is 0 Å². The highest BCUT2D eigenvalue weighted by molar-refractivity contribution is 9.10. The van der Waals surface area contributed by atoms with E-state index in [1.807, 2.05) is 0 Å². The molecule has 100 valence electrons.